The number of aryl methyl sites for hydroxylation is 1. The summed E-state index contributed by atoms with van der Waals surface area (Å²) in [6, 6.07) is 0. The minimum atomic E-state index is 0.796. The first-order chi connectivity index (χ1) is 7.27. The predicted octanol–water partition coefficient (Wildman–Crippen LogP) is 2.00. The van der Waals surface area contributed by atoms with Crippen molar-refractivity contribution in [1.82, 2.24) is 10.6 Å². The maximum Gasteiger partial charge on any atom is 0.0216 e. The molecule has 1 aromatic heterocycles. The van der Waals surface area contributed by atoms with Crippen LogP contribution >= 0.6 is 11.3 Å². The first-order valence-corrected chi connectivity index (χ1v) is 6.64. The van der Waals surface area contributed by atoms with E-state index in [4.69, 9.17) is 0 Å². The Kier molecular flexibility index (Phi) is 3.78. The maximum atomic E-state index is 3.56. The zero-order chi connectivity index (χ0) is 10.7. The fraction of sp³-hybridized carbons (Fsp3) is 0.667. The molecule has 1 atom stereocenters. The molecule has 1 aliphatic rings. The molecular weight excluding hydrogens is 204 g/mol. The lowest BCUT2D eigenvalue weighted by atomic mass is 9.89. The molecule has 1 fully saturated rings. The van der Waals surface area contributed by atoms with E-state index in [1.165, 1.54) is 24.2 Å². The highest BCUT2D eigenvalue weighted by Gasteiger charge is 2.22. The largest absolute Gasteiger partial charge is 0.316 e. The van der Waals surface area contributed by atoms with E-state index in [2.05, 4.69) is 35.2 Å². The smallest absolute Gasteiger partial charge is 0.0216 e. The molecule has 2 heterocycles. The molecule has 1 saturated heterocycles. The molecular formula is C12H20N2S. The Labute approximate surface area is 96.1 Å². The van der Waals surface area contributed by atoms with E-state index in [1.807, 2.05) is 0 Å². The van der Waals surface area contributed by atoms with E-state index in [1.54, 1.807) is 11.3 Å². The van der Waals surface area contributed by atoms with Crippen LogP contribution in [0.2, 0.25) is 0 Å². The summed E-state index contributed by atoms with van der Waals surface area (Å²) in [7, 11) is 0. The quantitative estimate of drug-likeness (QED) is 0.799. The van der Waals surface area contributed by atoms with Crippen LogP contribution in [-0.2, 0) is 6.54 Å². The Morgan fingerprint density at radius 2 is 2.33 bits per heavy atom. The molecule has 1 aliphatic heterocycles. The molecule has 2 rings (SSSR count). The van der Waals surface area contributed by atoms with Crippen molar-refractivity contribution in [1.29, 1.82) is 0 Å². The van der Waals surface area contributed by atoms with Gasteiger partial charge in [-0.05, 0) is 60.3 Å². The summed E-state index contributed by atoms with van der Waals surface area (Å²) in [6.07, 6.45) is 0. The minimum Gasteiger partial charge on any atom is -0.316 e. The standard InChI is InChI=1S/C12H20N2S/c1-9(11-4-14-5-11)3-13-6-12-8-15-7-10(12)2/h7-9,11,13-14H,3-6H2,1-2H3. The fourth-order valence-corrected chi connectivity index (χ4v) is 2.74. The van der Waals surface area contributed by atoms with Gasteiger partial charge in [0.1, 0.15) is 0 Å². The normalized spacial score (nSPS) is 18.8. The zero-order valence-electron chi connectivity index (χ0n) is 9.55. The van der Waals surface area contributed by atoms with E-state index in [9.17, 15) is 0 Å². The monoisotopic (exact) mass is 224 g/mol. The third kappa shape index (κ3) is 2.80. The first-order valence-electron chi connectivity index (χ1n) is 5.70. The number of hydrogen-bond acceptors (Lipinski definition) is 3. The van der Waals surface area contributed by atoms with Crippen LogP contribution < -0.4 is 10.6 Å². The van der Waals surface area contributed by atoms with Gasteiger partial charge in [-0.25, -0.2) is 0 Å². The summed E-state index contributed by atoms with van der Waals surface area (Å²) in [6.45, 7) is 9.12. The number of thiophene rings is 1. The molecule has 0 aliphatic carbocycles. The molecule has 0 bridgehead atoms. The maximum absolute atomic E-state index is 3.56. The third-order valence-electron chi connectivity index (χ3n) is 3.36. The lowest BCUT2D eigenvalue weighted by molar-refractivity contribution is 0.242. The van der Waals surface area contributed by atoms with Crippen LogP contribution in [0.15, 0.2) is 10.8 Å². The highest BCUT2D eigenvalue weighted by atomic mass is 32.1. The predicted molar refractivity (Wildman–Crippen MR) is 66.3 cm³/mol. The molecule has 3 heteroatoms. The number of rotatable bonds is 5. The molecule has 0 spiro atoms. The van der Waals surface area contributed by atoms with Gasteiger partial charge in [0, 0.05) is 6.54 Å². The summed E-state index contributed by atoms with van der Waals surface area (Å²) in [5.74, 6) is 1.69. The Morgan fingerprint density at radius 3 is 2.87 bits per heavy atom. The van der Waals surface area contributed by atoms with Gasteiger partial charge in [0.2, 0.25) is 0 Å². The SMILES string of the molecule is Cc1cscc1CNCC(C)C1CNC1. The molecule has 0 amide bonds. The van der Waals surface area contributed by atoms with E-state index < -0.39 is 0 Å². The van der Waals surface area contributed by atoms with E-state index >= 15 is 0 Å². The molecule has 2 nitrogen and oxygen atoms in total. The Morgan fingerprint density at radius 1 is 1.53 bits per heavy atom. The summed E-state index contributed by atoms with van der Waals surface area (Å²) >= 11 is 1.80. The molecule has 0 aromatic carbocycles. The number of hydrogen-bond donors (Lipinski definition) is 2. The van der Waals surface area contributed by atoms with Crippen molar-refractivity contribution in [2.24, 2.45) is 11.8 Å². The lowest BCUT2D eigenvalue weighted by Gasteiger charge is -2.32. The highest BCUT2D eigenvalue weighted by molar-refractivity contribution is 7.08. The van der Waals surface area contributed by atoms with Crippen molar-refractivity contribution in [2.45, 2.75) is 20.4 Å². The van der Waals surface area contributed by atoms with E-state index in [-0.39, 0.29) is 0 Å². The van der Waals surface area contributed by atoms with Gasteiger partial charge in [-0.15, -0.1) is 0 Å². The molecule has 0 radical (unpaired) electrons. The van der Waals surface area contributed by atoms with Gasteiger partial charge in [-0.2, -0.15) is 11.3 Å². The number of nitrogens with one attached hydrogen (secondary N) is 2. The third-order valence-corrected chi connectivity index (χ3v) is 4.27. The molecule has 0 saturated carbocycles. The van der Waals surface area contributed by atoms with Crippen LogP contribution in [0.5, 0.6) is 0 Å². The van der Waals surface area contributed by atoms with Crippen molar-refractivity contribution in [3.63, 3.8) is 0 Å². The first kappa shape index (κ1) is 11.1. The molecule has 15 heavy (non-hydrogen) atoms. The van der Waals surface area contributed by atoms with Crippen molar-refractivity contribution in [3.8, 4) is 0 Å². The summed E-state index contributed by atoms with van der Waals surface area (Å²) in [4.78, 5) is 0. The lowest BCUT2D eigenvalue weighted by Crippen LogP contribution is -2.47. The Balaban J connectivity index is 1.68. The van der Waals surface area contributed by atoms with Crippen molar-refractivity contribution < 1.29 is 0 Å². The van der Waals surface area contributed by atoms with Gasteiger partial charge in [0.15, 0.2) is 0 Å². The van der Waals surface area contributed by atoms with Crippen molar-refractivity contribution in [3.05, 3.63) is 21.9 Å². The zero-order valence-corrected chi connectivity index (χ0v) is 10.4. The van der Waals surface area contributed by atoms with Crippen LogP contribution in [0.25, 0.3) is 0 Å². The summed E-state index contributed by atoms with van der Waals surface area (Å²) < 4.78 is 0. The topological polar surface area (TPSA) is 24.1 Å². The second-order valence-electron chi connectivity index (χ2n) is 4.61. The molecule has 84 valence electrons. The van der Waals surface area contributed by atoms with Gasteiger partial charge in [0.25, 0.3) is 0 Å². The summed E-state index contributed by atoms with van der Waals surface area (Å²) in [5, 5.41) is 11.4. The van der Waals surface area contributed by atoms with E-state index in [0.29, 0.717) is 0 Å². The van der Waals surface area contributed by atoms with Gasteiger partial charge < -0.3 is 10.6 Å². The second-order valence-corrected chi connectivity index (χ2v) is 5.35. The van der Waals surface area contributed by atoms with Gasteiger partial charge in [0.05, 0.1) is 0 Å². The second kappa shape index (κ2) is 5.10. The van der Waals surface area contributed by atoms with Crippen LogP contribution in [-0.4, -0.2) is 19.6 Å². The Hall–Kier alpha value is -0.380. The van der Waals surface area contributed by atoms with Crippen LogP contribution in [0.3, 0.4) is 0 Å². The van der Waals surface area contributed by atoms with Gasteiger partial charge in [-0.1, -0.05) is 6.92 Å². The highest BCUT2D eigenvalue weighted by Crippen LogP contribution is 2.16. The average molecular weight is 224 g/mol. The van der Waals surface area contributed by atoms with Crippen molar-refractivity contribution in [2.75, 3.05) is 19.6 Å². The molecule has 1 aromatic rings. The van der Waals surface area contributed by atoms with Crippen LogP contribution in [0, 0.1) is 18.8 Å². The fourth-order valence-electron chi connectivity index (χ4n) is 1.88. The van der Waals surface area contributed by atoms with Crippen LogP contribution in [0.4, 0.5) is 0 Å². The average Bonchev–Trinajstić information content (AvgIpc) is 2.49. The Bertz CT molecular complexity index is 304. The van der Waals surface area contributed by atoms with E-state index in [0.717, 1.165) is 24.9 Å². The molecule has 2 N–H and O–H groups in total. The molecule has 1 unspecified atom stereocenters. The van der Waals surface area contributed by atoms with Gasteiger partial charge >= 0.3 is 0 Å². The summed E-state index contributed by atoms with van der Waals surface area (Å²) in [5.41, 5.74) is 2.88. The minimum absolute atomic E-state index is 0.796. The van der Waals surface area contributed by atoms with Crippen molar-refractivity contribution >= 4 is 11.3 Å². The van der Waals surface area contributed by atoms with Crippen LogP contribution in [0.1, 0.15) is 18.1 Å². The van der Waals surface area contributed by atoms with Gasteiger partial charge in [-0.3, -0.25) is 0 Å².